The van der Waals surface area contributed by atoms with E-state index in [1.54, 1.807) is 0 Å². The molecule has 2 fully saturated rings. The van der Waals surface area contributed by atoms with E-state index in [0.29, 0.717) is 25.2 Å². The fraction of sp³-hybridized carbons (Fsp3) is 0.571. The standard InChI is InChI=1S/C21H29N3O4/c1-16(2)14-23-11-9-21(10-12-23)19(26)24(20(27)22-21)15-18(25)28-13-8-17-6-4-3-5-7-17/h3-7,16H,8-15H2,1-2H3,(H,22,27). The van der Waals surface area contributed by atoms with E-state index in [9.17, 15) is 14.4 Å². The van der Waals surface area contributed by atoms with Crippen LogP contribution in [0, 0.1) is 5.92 Å². The summed E-state index contributed by atoms with van der Waals surface area (Å²) >= 11 is 0. The topological polar surface area (TPSA) is 79.0 Å². The van der Waals surface area contributed by atoms with Crippen LogP contribution in [0.1, 0.15) is 32.3 Å². The molecule has 28 heavy (non-hydrogen) atoms. The fourth-order valence-electron chi connectivity index (χ4n) is 3.89. The van der Waals surface area contributed by atoms with Crippen LogP contribution in [-0.2, 0) is 20.7 Å². The summed E-state index contributed by atoms with van der Waals surface area (Å²) in [7, 11) is 0. The third-order valence-corrected chi connectivity index (χ3v) is 5.36. The number of amides is 3. The Bertz CT molecular complexity index is 712. The second-order valence-electron chi connectivity index (χ2n) is 8.05. The lowest BCUT2D eigenvalue weighted by Gasteiger charge is -2.37. The molecule has 0 radical (unpaired) electrons. The van der Waals surface area contributed by atoms with Gasteiger partial charge in [-0.3, -0.25) is 14.5 Å². The molecule has 1 spiro atoms. The number of imide groups is 1. The van der Waals surface area contributed by atoms with E-state index in [1.165, 1.54) is 0 Å². The number of piperidine rings is 1. The van der Waals surface area contributed by atoms with Gasteiger partial charge in [-0.25, -0.2) is 4.79 Å². The van der Waals surface area contributed by atoms with E-state index >= 15 is 0 Å². The van der Waals surface area contributed by atoms with E-state index in [0.717, 1.165) is 30.1 Å². The van der Waals surface area contributed by atoms with E-state index < -0.39 is 17.5 Å². The molecule has 7 nitrogen and oxygen atoms in total. The lowest BCUT2D eigenvalue weighted by atomic mass is 9.87. The Morgan fingerprint density at radius 3 is 2.50 bits per heavy atom. The van der Waals surface area contributed by atoms with Gasteiger partial charge in [-0.1, -0.05) is 44.2 Å². The van der Waals surface area contributed by atoms with Gasteiger partial charge in [-0.2, -0.15) is 0 Å². The molecule has 1 N–H and O–H groups in total. The Hall–Kier alpha value is -2.41. The van der Waals surface area contributed by atoms with E-state index in [4.69, 9.17) is 4.74 Å². The summed E-state index contributed by atoms with van der Waals surface area (Å²) in [6, 6.07) is 9.20. The van der Waals surface area contributed by atoms with Crippen molar-refractivity contribution in [1.29, 1.82) is 0 Å². The van der Waals surface area contributed by atoms with Crippen LogP contribution in [0.2, 0.25) is 0 Å². The molecule has 0 bridgehead atoms. The molecule has 0 atom stereocenters. The Balaban J connectivity index is 1.49. The number of urea groups is 1. The monoisotopic (exact) mass is 387 g/mol. The molecule has 1 aromatic rings. The molecule has 1 aromatic carbocycles. The number of likely N-dealkylation sites (tertiary alicyclic amines) is 1. The smallest absolute Gasteiger partial charge is 0.326 e. The van der Waals surface area contributed by atoms with E-state index in [-0.39, 0.29) is 19.1 Å². The van der Waals surface area contributed by atoms with Crippen molar-refractivity contribution in [3.63, 3.8) is 0 Å². The van der Waals surface area contributed by atoms with Gasteiger partial charge in [0.05, 0.1) is 6.61 Å². The van der Waals surface area contributed by atoms with Crippen molar-refractivity contribution in [2.24, 2.45) is 5.92 Å². The van der Waals surface area contributed by atoms with Crippen LogP contribution in [-0.4, -0.2) is 66.0 Å². The zero-order valence-corrected chi connectivity index (χ0v) is 16.6. The van der Waals surface area contributed by atoms with Gasteiger partial charge < -0.3 is 15.0 Å². The lowest BCUT2D eigenvalue weighted by Crippen LogP contribution is -2.55. The van der Waals surface area contributed by atoms with Gasteiger partial charge in [0, 0.05) is 26.1 Å². The van der Waals surface area contributed by atoms with Crippen molar-refractivity contribution in [1.82, 2.24) is 15.1 Å². The molecule has 3 amide bonds. The highest BCUT2D eigenvalue weighted by Crippen LogP contribution is 2.29. The minimum atomic E-state index is -0.866. The zero-order chi connectivity index (χ0) is 20.1. The number of hydrogen-bond donors (Lipinski definition) is 1. The van der Waals surface area contributed by atoms with E-state index in [1.807, 2.05) is 30.3 Å². The summed E-state index contributed by atoms with van der Waals surface area (Å²) < 4.78 is 5.22. The van der Waals surface area contributed by atoms with Crippen LogP contribution in [0.3, 0.4) is 0 Å². The van der Waals surface area contributed by atoms with Gasteiger partial charge in [0.1, 0.15) is 12.1 Å². The Morgan fingerprint density at radius 2 is 1.86 bits per heavy atom. The first-order chi connectivity index (χ1) is 13.4. The van der Waals surface area contributed by atoms with Gasteiger partial charge in [-0.15, -0.1) is 0 Å². The molecule has 0 saturated carbocycles. The number of hydrogen-bond acceptors (Lipinski definition) is 5. The maximum Gasteiger partial charge on any atom is 0.326 e. The zero-order valence-electron chi connectivity index (χ0n) is 16.6. The minimum absolute atomic E-state index is 0.224. The molecule has 7 heteroatoms. The normalized spacial score (nSPS) is 19.3. The third kappa shape index (κ3) is 4.70. The fourth-order valence-corrected chi connectivity index (χ4v) is 3.89. The van der Waals surface area contributed by atoms with E-state index in [2.05, 4.69) is 24.1 Å². The van der Waals surface area contributed by atoms with Gasteiger partial charge in [0.2, 0.25) is 0 Å². The molecule has 3 rings (SSSR count). The number of nitrogens with one attached hydrogen (secondary N) is 1. The quantitative estimate of drug-likeness (QED) is 0.570. The average molecular weight is 387 g/mol. The summed E-state index contributed by atoms with van der Waals surface area (Å²) in [5, 5.41) is 2.83. The van der Waals surface area contributed by atoms with Crippen LogP contribution in [0.25, 0.3) is 0 Å². The summed E-state index contributed by atoms with van der Waals surface area (Å²) in [6.45, 7) is 6.73. The molecular weight excluding hydrogens is 358 g/mol. The molecule has 2 heterocycles. The largest absolute Gasteiger partial charge is 0.464 e. The Kier molecular flexibility index (Phi) is 6.34. The summed E-state index contributed by atoms with van der Waals surface area (Å²) in [5.74, 6) is -0.305. The van der Waals surface area contributed by atoms with Crippen molar-refractivity contribution < 1.29 is 19.1 Å². The van der Waals surface area contributed by atoms with Crippen LogP contribution in [0.4, 0.5) is 4.79 Å². The predicted octanol–water partition coefficient (Wildman–Crippen LogP) is 1.81. The molecule has 0 aliphatic carbocycles. The average Bonchev–Trinajstić information content (AvgIpc) is 2.88. The van der Waals surface area contributed by atoms with Gasteiger partial charge >= 0.3 is 12.0 Å². The highest BCUT2D eigenvalue weighted by molar-refractivity contribution is 6.08. The molecule has 152 valence electrons. The van der Waals surface area contributed by atoms with Crippen LogP contribution in [0.5, 0.6) is 0 Å². The summed E-state index contributed by atoms with van der Waals surface area (Å²) in [5.41, 5.74) is 0.201. The number of carbonyl (C=O) groups is 3. The van der Waals surface area contributed by atoms with Crippen molar-refractivity contribution in [2.45, 2.75) is 38.6 Å². The minimum Gasteiger partial charge on any atom is -0.464 e. The summed E-state index contributed by atoms with van der Waals surface area (Å²) in [6.07, 6.45) is 1.75. The van der Waals surface area contributed by atoms with Crippen LogP contribution >= 0.6 is 0 Å². The highest BCUT2D eigenvalue weighted by atomic mass is 16.5. The van der Waals surface area contributed by atoms with Gasteiger partial charge in [0.25, 0.3) is 5.91 Å². The lowest BCUT2D eigenvalue weighted by molar-refractivity contribution is -0.148. The van der Waals surface area contributed by atoms with Gasteiger partial charge in [-0.05, 0) is 24.3 Å². The molecule has 0 unspecified atom stereocenters. The first-order valence-corrected chi connectivity index (χ1v) is 9.96. The maximum absolute atomic E-state index is 12.9. The Morgan fingerprint density at radius 1 is 1.18 bits per heavy atom. The van der Waals surface area contributed by atoms with Crippen molar-refractivity contribution in [2.75, 3.05) is 32.8 Å². The van der Waals surface area contributed by atoms with Crippen molar-refractivity contribution in [3.05, 3.63) is 35.9 Å². The molecule has 2 aliphatic heterocycles. The molecule has 2 saturated heterocycles. The van der Waals surface area contributed by atoms with Crippen LogP contribution in [0.15, 0.2) is 30.3 Å². The van der Waals surface area contributed by atoms with Crippen LogP contribution < -0.4 is 5.32 Å². The first-order valence-electron chi connectivity index (χ1n) is 9.96. The Labute approximate surface area is 166 Å². The van der Waals surface area contributed by atoms with Crippen molar-refractivity contribution >= 4 is 17.9 Å². The highest BCUT2D eigenvalue weighted by Gasteiger charge is 2.52. The van der Waals surface area contributed by atoms with Crippen molar-refractivity contribution in [3.8, 4) is 0 Å². The maximum atomic E-state index is 12.9. The first kappa shape index (κ1) is 20.3. The summed E-state index contributed by atoms with van der Waals surface area (Å²) in [4.78, 5) is 40.6. The SMILES string of the molecule is CC(C)CN1CCC2(CC1)NC(=O)N(CC(=O)OCCc1ccccc1)C2=O. The second kappa shape index (κ2) is 8.73. The predicted molar refractivity (Wildman–Crippen MR) is 105 cm³/mol. The number of rotatable bonds is 7. The number of ether oxygens (including phenoxy) is 1. The number of nitrogens with zero attached hydrogens (tertiary/aromatic N) is 2. The molecular formula is C21H29N3O4. The molecule has 0 aromatic heterocycles. The molecule has 2 aliphatic rings. The third-order valence-electron chi connectivity index (χ3n) is 5.36. The van der Waals surface area contributed by atoms with Gasteiger partial charge in [0.15, 0.2) is 0 Å². The number of esters is 1. The number of carbonyl (C=O) groups excluding carboxylic acids is 3. The number of benzene rings is 1. The second-order valence-corrected chi connectivity index (χ2v) is 8.05.